The molecule has 18 heavy (non-hydrogen) atoms. The maximum Gasteiger partial charge on any atom is 0.391 e. The van der Waals surface area contributed by atoms with Crippen LogP contribution in [0.1, 0.15) is 37.5 Å². The lowest BCUT2D eigenvalue weighted by molar-refractivity contribution is -0.186. The number of aliphatic hydroxyl groups excluding tert-OH is 1. The average molecular weight is 327 g/mol. The zero-order chi connectivity index (χ0) is 13.3. The van der Waals surface area contributed by atoms with E-state index < -0.39 is 18.2 Å². The van der Waals surface area contributed by atoms with Gasteiger partial charge in [-0.15, -0.1) is 0 Å². The number of furan rings is 1. The minimum Gasteiger partial charge on any atom is -0.465 e. The third-order valence-corrected chi connectivity index (χ3v) is 4.25. The Balaban J connectivity index is 1.96. The van der Waals surface area contributed by atoms with Gasteiger partial charge < -0.3 is 9.52 Å². The van der Waals surface area contributed by atoms with Crippen LogP contribution in [0, 0.1) is 11.8 Å². The number of halogens is 4. The van der Waals surface area contributed by atoms with E-state index in [1.807, 2.05) is 0 Å². The van der Waals surface area contributed by atoms with Crippen molar-refractivity contribution < 1.29 is 22.7 Å². The molecule has 102 valence electrons. The molecule has 0 aliphatic heterocycles. The second kappa shape index (κ2) is 5.25. The van der Waals surface area contributed by atoms with Gasteiger partial charge in [0.1, 0.15) is 11.9 Å². The van der Waals surface area contributed by atoms with Gasteiger partial charge in [-0.1, -0.05) is 0 Å². The second-order valence-electron chi connectivity index (χ2n) is 4.73. The van der Waals surface area contributed by atoms with Gasteiger partial charge in [-0.2, -0.15) is 13.2 Å². The normalized spacial score (nSPS) is 27.2. The van der Waals surface area contributed by atoms with Gasteiger partial charge in [-0.25, -0.2) is 0 Å². The molecule has 2 rings (SSSR count). The first-order chi connectivity index (χ1) is 8.39. The molecule has 0 radical (unpaired) electrons. The lowest BCUT2D eigenvalue weighted by Crippen LogP contribution is -2.29. The molecule has 2 nitrogen and oxygen atoms in total. The van der Waals surface area contributed by atoms with Crippen LogP contribution in [0.4, 0.5) is 13.2 Å². The van der Waals surface area contributed by atoms with Crippen LogP contribution in [0.15, 0.2) is 21.2 Å². The summed E-state index contributed by atoms with van der Waals surface area (Å²) in [5, 5.41) is 10.1. The van der Waals surface area contributed by atoms with Gasteiger partial charge in [0.05, 0.1) is 16.7 Å². The van der Waals surface area contributed by atoms with E-state index in [0.717, 1.165) is 0 Å². The molecule has 1 aliphatic rings. The first-order valence-corrected chi connectivity index (χ1v) is 6.66. The monoisotopic (exact) mass is 326 g/mol. The number of rotatable bonds is 2. The van der Waals surface area contributed by atoms with Gasteiger partial charge in [-0.05, 0) is 53.6 Å². The van der Waals surface area contributed by atoms with Crippen LogP contribution >= 0.6 is 15.9 Å². The fraction of sp³-hybridized carbons (Fsp3) is 0.667. The third-order valence-electron chi connectivity index (χ3n) is 3.59. The fourth-order valence-electron chi connectivity index (χ4n) is 2.49. The van der Waals surface area contributed by atoms with E-state index in [1.54, 1.807) is 6.07 Å². The maximum absolute atomic E-state index is 12.5. The lowest BCUT2D eigenvalue weighted by Gasteiger charge is -2.31. The van der Waals surface area contributed by atoms with Crippen LogP contribution in [-0.4, -0.2) is 11.3 Å². The SMILES string of the molecule is OC(c1occc1Br)C1CCC(C(F)(F)F)CC1. The van der Waals surface area contributed by atoms with Gasteiger partial charge in [0.25, 0.3) is 0 Å². The van der Waals surface area contributed by atoms with Crippen LogP contribution in [0.25, 0.3) is 0 Å². The maximum atomic E-state index is 12.5. The summed E-state index contributed by atoms with van der Waals surface area (Å²) >= 11 is 3.24. The highest BCUT2D eigenvalue weighted by molar-refractivity contribution is 9.10. The van der Waals surface area contributed by atoms with Crippen molar-refractivity contribution in [1.29, 1.82) is 0 Å². The highest BCUT2D eigenvalue weighted by Crippen LogP contribution is 2.44. The van der Waals surface area contributed by atoms with E-state index in [0.29, 0.717) is 23.1 Å². The van der Waals surface area contributed by atoms with Crippen LogP contribution in [-0.2, 0) is 0 Å². The van der Waals surface area contributed by atoms with Gasteiger partial charge in [0, 0.05) is 0 Å². The zero-order valence-electron chi connectivity index (χ0n) is 9.58. The van der Waals surface area contributed by atoms with E-state index >= 15 is 0 Å². The molecule has 0 saturated heterocycles. The molecule has 1 N–H and O–H groups in total. The topological polar surface area (TPSA) is 33.4 Å². The Morgan fingerprint density at radius 1 is 1.28 bits per heavy atom. The predicted molar refractivity (Wildman–Crippen MR) is 62.9 cm³/mol. The summed E-state index contributed by atoms with van der Waals surface area (Å²) in [6, 6.07) is 1.67. The Hall–Kier alpha value is -0.490. The summed E-state index contributed by atoms with van der Waals surface area (Å²) in [6.45, 7) is 0. The number of alkyl halides is 3. The standard InChI is InChI=1S/C12H14BrF3O2/c13-9-5-6-18-11(9)10(17)7-1-3-8(4-2-7)12(14,15)16/h5-8,10,17H,1-4H2. The Kier molecular flexibility index (Phi) is 4.06. The fourth-order valence-corrected chi connectivity index (χ4v) is 2.93. The van der Waals surface area contributed by atoms with Gasteiger partial charge >= 0.3 is 6.18 Å². The summed E-state index contributed by atoms with van der Waals surface area (Å²) in [5.74, 6) is -0.975. The summed E-state index contributed by atoms with van der Waals surface area (Å²) < 4.78 is 43.4. The summed E-state index contributed by atoms with van der Waals surface area (Å²) in [7, 11) is 0. The van der Waals surface area contributed by atoms with Crippen LogP contribution < -0.4 is 0 Å². The Morgan fingerprint density at radius 3 is 2.33 bits per heavy atom. The largest absolute Gasteiger partial charge is 0.465 e. The molecule has 1 unspecified atom stereocenters. The summed E-state index contributed by atoms with van der Waals surface area (Å²) in [4.78, 5) is 0. The quantitative estimate of drug-likeness (QED) is 0.871. The molecule has 1 fully saturated rings. The highest BCUT2D eigenvalue weighted by Gasteiger charge is 2.42. The summed E-state index contributed by atoms with van der Waals surface area (Å²) in [5.41, 5.74) is 0. The molecule has 1 aromatic rings. The molecule has 1 heterocycles. The first-order valence-electron chi connectivity index (χ1n) is 5.87. The van der Waals surface area contributed by atoms with Crippen LogP contribution in [0.5, 0.6) is 0 Å². The second-order valence-corrected chi connectivity index (χ2v) is 5.59. The average Bonchev–Trinajstić information content (AvgIpc) is 2.73. The predicted octanol–water partition coefficient (Wildman–Crippen LogP) is 4.44. The molecular formula is C12H14BrF3O2. The minimum atomic E-state index is -4.11. The van der Waals surface area contributed by atoms with E-state index in [9.17, 15) is 18.3 Å². The van der Waals surface area contributed by atoms with E-state index in [4.69, 9.17) is 4.42 Å². The van der Waals surface area contributed by atoms with E-state index in [-0.39, 0.29) is 18.8 Å². The zero-order valence-corrected chi connectivity index (χ0v) is 11.2. The van der Waals surface area contributed by atoms with Crippen molar-refractivity contribution in [1.82, 2.24) is 0 Å². The van der Waals surface area contributed by atoms with Crippen molar-refractivity contribution in [3.8, 4) is 0 Å². The molecule has 0 aromatic carbocycles. The molecular weight excluding hydrogens is 313 g/mol. The van der Waals surface area contributed by atoms with Crippen molar-refractivity contribution in [3.05, 3.63) is 22.6 Å². The molecule has 1 saturated carbocycles. The Morgan fingerprint density at radius 2 is 1.89 bits per heavy atom. The van der Waals surface area contributed by atoms with Gasteiger partial charge in [0.15, 0.2) is 0 Å². The lowest BCUT2D eigenvalue weighted by atomic mass is 9.78. The van der Waals surface area contributed by atoms with Crippen molar-refractivity contribution in [2.45, 2.75) is 38.0 Å². The molecule has 6 heteroatoms. The minimum absolute atomic E-state index is 0.0869. The first kappa shape index (κ1) is 13.9. The van der Waals surface area contributed by atoms with Crippen molar-refractivity contribution >= 4 is 15.9 Å². The highest BCUT2D eigenvalue weighted by atomic mass is 79.9. The Labute approximate surface area is 111 Å². The van der Waals surface area contributed by atoms with E-state index in [2.05, 4.69) is 15.9 Å². The van der Waals surface area contributed by atoms with Crippen molar-refractivity contribution in [3.63, 3.8) is 0 Å². The molecule has 0 amide bonds. The third kappa shape index (κ3) is 2.91. The van der Waals surface area contributed by atoms with Gasteiger partial charge in [-0.3, -0.25) is 0 Å². The molecule has 1 aliphatic carbocycles. The molecule has 1 atom stereocenters. The Bertz CT molecular complexity index is 394. The number of hydrogen-bond donors (Lipinski definition) is 1. The van der Waals surface area contributed by atoms with Crippen molar-refractivity contribution in [2.75, 3.05) is 0 Å². The molecule has 1 aromatic heterocycles. The smallest absolute Gasteiger partial charge is 0.391 e. The number of aliphatic hydroxyl groups is 1. The van der Waals surface area contributed by atoms with Crippen LogP contribution in [0.3, 0.4) is 0 Å². The van der Waals surface area contributed by atoms with E-state index in [1.165, 1.54) is 6.26 Å². The summed E-state index contributed by atoms with van der Waals surface area (Å²) in [6.07, 6.45) is -2.57. The van der Waals surface area contributed by atoms with Crippen LogP contribution in [0.2, 0.25) is 0 Å². The molecule has 0 bridgehead atoms. The molecule has 0 spiro atoms. The van der Waals surface area contributed by atoms with Crippen molar-refractivity contribution in [2.24, 2.45) is 11.8 Å². The number of hydrogen-bond acceptors (Lipinski definition) is 2. The van der Waals surface area contributed by atoms with Gasteiger partial charge in [0.2, 0.25) is 0 Å².